The molecule has 1 aromatic rings. The molecule has 0 spiro atoms. The van der Waals surface area contributed by atoms with Crippen LogP contribution in [0.2, 0.25) is 0 Å². The van der Waals surface area contributed by atoms with Crippen LogP contribution in [0.4, 0.5) is 0 Å². The molecule has 1 heterocycles. The molecule has 1 N–H and O–H groups in total. The van der Waals surface area contributed by atoms with Crippen molar-refractivity contribution in [3.8, 4) is 0 Å². The molecule has 0 aliphatic heterocycles. The molecule has 0 aliphatic carbocycles. The normalized spacial score (nSPS) is 11.7. The van der Waals surface area contributed by atoms with Gasteiger partial charge >= 0.3 is 0 Å². The van der Waals surface area contributed by atoms with Gasteiger partial charge in [0.05, 0.1) is 0 Å². The first-order chi connectivity index (χ1) is 8.67. The van der Waals surface area contributed by atoms with E-state index in [9.17, 15) is 0 Å². The predicted molar refractivity (Wildman–Crippen MR) is 79.3 cm³/mol. The summed E-state index contributed by atoms with van der Waals surface area (Å²) >= 11 is 1.80. The minimum atomic E-state index is 0.607. The fraction of sp³-hybridized carbons (Fsp3) is 0.857. The van der Waals surface area contributed by atoms with Crippen LogP contribution < -0.4 is 5.32 Å². The highest BCUT2D eigenvalue weighted by Crippen LogP contribution is 2.26. The van der Waals surface area contributed by atoms with E-state index in [1.54, 1.807) is 11.3 Å². The second kappa shape index (κ2) is 8.59. The number of aromatic nitrogens is 2. The van der Waals surface area contributed by atoms with Crippen molar-refractivity contribution in [1.29, 1.82) is 0 Å². The fourth-order valence-electron chi connectivity index (χ4n) is 1.93. The zero-order chi connectivity index (χ0) is 13.4. The Morgan fingerprint density at radius 2 is 1.89 bits per heavy atom. The Morgan fingerprint density at radius 3 is 2.50 bits per heavy atom. The molecule has 1 aromatic heterocycles. The number of hydrogen-bond donors (Lipinski definition) is 1. The van der Waals surface area contributed by atoms with Gasteiger partial charge in [0.2, 0.25) is 0 Å². The highest BCUT2D eigenvalue weighted by molar-refractivity contribution is 7.11. The van der Waals surface area contributed by atoms with E-state index >= 15 is 0 Å². The molecule has 3 nitrogen and oxygen atoms in total. The highest BCUT2D eigenvalue weighted by Gasteiger charge is 2.12. The summed E-state index contributed by atoms with van der Waals surface area (Å²) in [5.41, 5.74) is 0. The first-order valence-corrected chi connectivity index (χ1v) is 8.01. The first-order valence-electron chi connectivity index (χ1n) is 7.20. The third-order valence-electron chi connectivity index (χ3n) is 3.11. The van der Waals surface area contributed by atoms with Crippen molar-refractivity contribution in [1.82, 2.24) is 15.5 Å². The van der Waals surface area contributed by atoms with Crippen LogP contribution in [-0.2, 0) is 6.42 Å². The minimum Gasteiger partial charge on any atom is -0.316 e. The third kappa shape index (κ3) is 5.44. The van der Waals surface area contributed by atoms with E-state index in [1.165, 1.54) is 22.9 Å². The van der Waals surface area contributed by atoms with E-state index in [0.717, 1.165) is 31.8 Å². The molecule has 4 heteroatoms. The lowest BCUT2D eigenvalue weighted by atomic mass is 10.1. The van der Waals surface area contributed by atoms with Crippen molar-refractivity contribution in [2.75, 3.05) is 13.1 Å². The molecular weight excluding hydrogens is 242 g/mol. The maximum atomic E-state index is 4.33. The zero-order valence-electron chi connectivity index (χ0n) is 12.2. The maximum absolute atomic E-state index is 4.33. The van der Waals surface area contributed by atoms with E-state index in [0.29, 0.717) is 5.92 Å². The molecule has 0 atom stereocenters. The smallest absolute Gasteiger partial charge is 0.120 e. The summed E-state index contributed by atoms with van der Waals surface area (Å²) in [6.45, 7) is 11.1. The lowest BCUT2D eigenvalue weighted by Crippen LogP contribution is -2.21. The van der Waals surface area contributed by atoms with Gasteiger partial charge in [-0.3, -0.25) is 0 Å². The topological polar surface area (TPSA) is 37.8 Å². The SMILES string of the molecule is CCC(CC)c1nnc(CCCNCC(C)C)s1. The number of hydrogen-bond acceptors (Lipinski definition) is 4. The number of nitrogens with zero attached hydrogens (tertiary/aromatic N) is 2. The number of nitrogens with one attached hydrogen (secondary N) is 1. The maximum Gasteiger partial charge on any atom is 0.120 e. The monoisotopic (exact) mass is 269 g/mol. The fourth-order valence-corrected chi connectivity index (χ4v) is 3.08. The standard InChI is InChI=1S/C14H27N3S/c1-5-12(6-2)14-17-16-13(18-14)8-7-9-15-10-11(3)4/h11-12,15H,5-10H2,1-4H3. The lowest BCUT2D eigenvalue weighted by molar-refractivity contribution is 0.542. The summed E-state index contributed by atoms with van der Waals surface area (Å²) in [4.78, 5) is 0. The van der Waals surface area contributed by atoms with Crippen LogP contribution in [0.15, 0.2) is 0 Å². The summed E-state index contributed by atoms with van der Waals surface area (Å²) in [6.07, 6.45) is 4.55. The first kappa shape index (κ1) is 15.6. The second-order valence-electron chi connectivity index (χ2n) is 5.25. The summed E-state index contributed by atoms with van der Waals surface area (Å²) in [7, 11) is 0. The van der Waals surface area contributed by atoms with Crippen LogP contribution in [0, 0.1) is 5.92 Å². The minimum absolute atomic E-state index is 0.607. The van der Waals surface area contributed by atoms with Gasteiger partial charge in [0.1, 0.15) is 10.0 Å². The summed E-state index contributed by atoms with van der Waals surface area (Å²) in [6, 6.07) is 0. The molecule has 18 heavy (non-hydrogen) atoms. The Kier molecular flexibility index (Phi) is 7.44. The zero-order valence-corrected chi connectivity index (χ0v) is 13.0. The van der Waals surface area contributed by atoms with E-state index < -0.39 is 0 Å². The number of aryl methyl sites for hydroxylation is 1. The van der Waals surface area contributed by atoms with Gasteiger partial charge in [0.15, 0.2) is 0 Å². The van der Waals surface area contributed by atoms with E-state index in [2.05, 4.69) is 43.2 Å². The van der Waals surface area contributed by atoms with Crippen molar-refractivity contribution in [2.45, 2.75) is 59.3 Å². The van der Waals surface area contributed by atoms with Crippen LogP contribution in [0.1, 0.15) is 62.9 Å². The third-order valence-corrected chi connectivity index (χ3v) is 4.26. The van der Waals surface area contributed by atoms with Crippen LogP contribution >= 0.6 is 11.3 Å². The lowest BCUT2D eigenvalue weighted by Gasteiger charge is -2.06. The molecule has 0 amide bonds. The van der Waals surface area contributed by atoms with E-state index in [4.69, 9.17) is 0 Å². The molecule has 0 aromatic carbocycles. The Morgan fingerprint density at radius 1 is 1.17 bits per heavy atom. The molecule has 0 unspecified atom stereocenters. The number of rotatable bonds is 9. The molecule has 1 rings (SSSR count). The summed E-state index contributed by atoms with van der Waals surface area (Å²) in [5, 5.41) is 14.5. The summed E-state index contributed by atoms with van der Waals surface area (Å²) < 4.78 is 0. The molecule has 0 saturated heterocycles. The van der Waals surface area contributed by atoms with Crippen molar-refractivity contribution >= 4 is 11.3 Å². The van der Waals surface area contributed by atoms with Gasteiger partial charge in [-0.1, -0.05) is 27.7 Å². The van der Waals surface area contributed by atoms with Crippen LogP contribution in [-0.4, -0.2) is 23.3 Å². The molecule has 104 valence electrons. The van der Waals surface area contributed by atoms with Gasteiger partial charge in [-0.15, -0.1) is 21.5 Å². The highest BCUT2D eigenvalue weighted by atomic mass is 32.1. The quantitative estimate of drug-likeness (QED) is 0.696. The molecule has 0 bridgehead atoms. The van der Waals surface area contributed by atoms with Crippen LogP contribution in [0.5, 0.6) is 0 Å². The molecule has 0 radical (unpaired) electrons. The van der Waals surface area contributed by atoms with Gasteiger partial charge in [-0.05, 0) is 38.3 Å². The van der Waals surface area contributed by atoms with Crippen molar-refractivity contribution in [2.24, 2.45) is 5.92 Å². The largest absolute Gasteiger partial charge is 0.316 e. The van der Waals surface area contributed by atoms with Crippen LogP contribution in [0.3, 0.4) is 0 Å². The summed E-state index contributed by atoms with van der Waals surface area (Å²) in [5.74, 6) is 1.34. The predicted octanol–water partition coefficient (Wildman–Crippen LogP) is 3.62. The molecule has 0 fully saturated rings. The van der Waals surface area contributed by atoms with Crippen molar-refractivity contribution in [3.05, 3.63) is 10.0 Å². The van der Waals surface area contributed by atoms with Crippen molar-refractivity contribution in [3.63, 3.8) is 0 Å². The Bertz CT molecular complexity index is 319. The van der Waals surface area contributed by atoms with E-state index in [-0.39, 0.29) is 0 Å². The van der Waals surface area contributed by atoms with Crippen LogP contribution in [0.25, 0.3) is 0 Å². The van der Waals surface area contributed by atoms with E-state index in [1.807, 2.05) is 0 Å². The van der Waals surface area contributed by atoms with Gasteiger partial charge in [0, 0.05) is 12.3 Å². The Balaban J connectivity index is 2.27. The average Bonchev–Trinajstić information content (AvgIpc) is 2.79. The average molecular weight is 269 g/mol. The van der Waals surface area contributed by atoms with Gasteiger partial charge in [-0.25, -0.2) is 0 Å². The molecule has 0 saturated carbocycles. The van der Waals surface area contributed by atoms with Crippen molar-refractivity contribution < 1.29 is 0 Å². The molecular formula is C14H27N3S. The second-order valence-corrected chi connectivity index (χ2v) is 6.34. The van der Waals surface area contributed by atoms with Gasteiger partial charge in [-0.2, -0.15) is 0 Å². The Hall–Kier alpha value is -0.480. The van der Waals surface area contributed by atoms with Gasteiger partial charge in [0.25, 0.3) is 0 Å². The molecule has 0 aliphatic rings. The Labute approximate surface area is 115 Å². The van der Waals surface area contributed by atoms with Gasteiger partial charge < -0.3 is 5.32 Å².